The summed E-state index contributed by atoms with van der Waals surface area (Å²) in [6.07, 6.45) is 5.53. The van der Waals surface area contributed by atoms with Gasteiger partial charge in [0.25, 0.3) is 0 Å². The zero-order chi connectivity index (χ0) is 20.9. The van der Waals surface area contributed by atoms with Crippen molar-refractivity contribution in [3.63, 3.8) is 0 Å². The van der Waals surface area contributed by atoms with Crippen LogP contribution in [0.25, 0.3) is 10.9 Å². The molecule has 0 aliphatic rings. The van der Waals surface area contributed by atoms with Crippen LogP contribution in [0.3, 0.4) is 0 Å². The second-order valence-corrected chi connectivity index (χ2v) is 7.88. The molecular formula is C21H27N5O3. The number of rotatable bonds is 7. The van der Waals surface area contributed by atoms with Crippen molar-refractivity contribution in [3.05, 3.63) is 54.2 Å². The molecule has 8 nitrogen and oxygen atoms in total. The van der Waals surface area contributed by atoms with Crippen molar-refractivity contribution < 1.29 is 14.3 Å². The van der Waals surface area contributed by atoms with Gasteiger partial charge in [-0.2, -0.15) is 0 Å². The van der Waals surface area contributed by atoms with Gasteiger partial charge in [0.05, 0.1) is 6.33 Å². The third-order valence-corrected chi connectivity index (χ3v) is 4.35. The Morgan fingerprint density at radius 3 is 2.72 bits per heavy atom. The highest BCUT2D eigenvalue weighted by molar-refractivity contribution is 5.88. The van der Waals surface area contributed by atoms with Gasteiger partial charge in [-0.25, -0.2) is 9.78 Å². The fourth-order valence-corrected chi connectivity index (χ4v) is 3.04. The number of amides is 2. The van der Waals surface area contributed by atoms with Crippen LogP contribution in [-0.4, -0.2) is 45.1 Å². The predicted octanol–water partition coefficient (Wildman–Crippen LogP) is 2.69. The summed E-state index contributed by atoms with van der Waals surface area (Å²) < 4.78 is 5.34. The molecule has 0 fully saturated rings. The van der Waals surface area contributed by atoms with Gasteiger partial charge in [-0.1, -0.05) is 18.2 Å². The molecule has 0 unspecified atom stereocenters. The maximum Gasteiger partial charge on any atom is 0.408 e. The van der Waals surface area contributed by atoms with Crippen LogP contribution in [0.5, 0.6) is 0 Å². The summed E-state index contributed by atoms with van der Waals surface area (Å²) in [6.45, 7) is 5.78. The van der Waals surface area contributed by atoms with Gasteiger partial charge in [-0.05, 0) is 32.4 Å². The number of aromatic nitrogens is 3. The highest BCUT2D eigenvalue weighted by Gasteiger charge is 2.25. The number of aromatic amines is 2. The van der Waals surface area contributed by atoms with Gasteiger partial charge in [-0.3, -0.25) is 4.79 Å². The van der Waals surface area contributed by atoms with Crippen molar-refractivity contribution in [2.75, 3.05) is 6.54 Å². The van der Waals surface area contributed by atoms with E-state index < -0.39 is 17.7 Å². The first-order valence-electron chi connectivity index (χ1n) is 9.61. The fraction of sp³-hybridized carbons (Fsp3) is 0.381. The molecule has 3 rings (SSSR count). The summed E-state index contributed by atoms with van der Waals surface area (Å²) in [6, 6.07) is 7.09. The molecule has 0 aliphatic heterocycles. The van der Waals surface area contributed by atoms with Crippen LogP contribution in [0.2, 0.25) is 0 Å². The van der Waals surface area contributed by atoms with Crippen molar-refractivity contribution >= 4 is 22.9 Å². The lowest BCUT2D eigenvalue weighted by molar-refractivity contribution is -0.123. The molecule has 0 saturated heterocycles. The zero-order valence-electron chi connectivity index (χ0n) is 16.9. The summed E-state index contributed by atoms with van der Waals surface area (Å²) in [5, 5.41) is 6.62. The summed E-state index contributed by atoms with van der Waals surface area (Å²) in [5.41, 5.74) is 2.22. The van der Waals surface area contributed by atoms with E-state index >= 15 is 0 Å². The van der Waals surface area contributed by atoms with E-state index in [0.717, 1.165) is 22.2 Å². The number of hydrogen-bond acceptors (Lipinski definition) is 4. The average Bonchev–Trinajstić information content (AvgIpc) is 3.30. The van der Waals surface area contributed by atoms with Crippen molar-refractivity contribution in [1.29, 1.82) is 0 Å². The van der Waals surface area contributed by atoms with E-state index in [2.05, 4.69) is 25.6 Å². The first-order chi connectivity index (χ1) is 13.8. The summed E-state index contributed by atoms with van der Waals surface area (Å²) in [7, 11) is 0. The van der Waals surface area contributed by atoms with Crippen LogP contribution in [0.1, 0.15) is 32.0 Å². The summed E-state index contributed by atoms with van der Waals surface area (Å²) in [5.74, 6) is -0.263. The standard InChI is InChI=1S/C21H27N5O3/c1-21(2,3)29-20(28)26-18(19(27)23-9-8-15-12-22-13-25-15)10-14-11-24-17-7-5-4-6-16(14)17/h4-7,11-13,18,24H,8-10H2,1-3H3,(H,22,25)(H,23,27)(H,26,28)/t18-/m1/s1. The molecule has 2 aromatic heterocycles. The number of hydrogen-bond donors (Lipinski definition) is 4. The molecule has 154 valence electrons. The number of benzene rings is 1. The minimum Gasteiger partial charge on any atom is -0.444 e. The molecule has 0 bridgehead atoms. The Morgan fingerprint density at radius 2 is 2.00 bits per heavy atom. The van der Waals surface area contributed by atoms with Crippen LogP contribution in [0, 0.1) is 0 Å². The molecule has 8 heteroatoms. The van der Waals surface area contributed by atoms with Crippen molar-refractivity contribution in [3.8, 4) is 0 Å². The third-order valence-electron chi connectivity index (χ3n) is 4.35. The first kappa shape index (κ1) is 20.4. The molecule has 0 aliphatic carbocycles. The van der Waals surface area contributed by atoms with E-state index in [1.54, 1.807) is 33.3 Å². The summed E-state index contributed by atoms with van der Waals surface area (Å²) >= 11 is 0. The molecule has 1 aromatic carbocycles. The summed E-state index contributed by atoms with van der Waals surface area (Å²) in [4.78, 5) is 35.3. The second-order valence-electron chi connectivity index (χ2n) is 7.88. The number of imidazole rings is 1. The van der Waals surface area contributed by atoms with Crippen molar-refractivity contribution in [2.45, 2.75) is 45.3 Å². The van der Waals surface area contributed by atoms with Gasteiger partial charge >= 0.3 is 6.09 Å². The number of para-hydroxylation sites is 1. The van der Waals surface area contributed by atoms with E-state index in [0.29, 0.717) is 19.4 Å². The van der Waals surface area contributed by atoms with Crippen LogP contribution in [-0.2, 0) is 22.4 Å². The molecule has 29 heavy (non-hydrogen) atoms. The molecule has 2 amide bonds. The minimum atomic E-state index is -0.758. The quantitative estimate of drug-likeness (QED) is 0.491. The van der Waals surface area contributed by atoms with Crippen LogP contribution in [0.15, 0.2) is 43.0 Å². The Morgan fingerprint density at radius 1 is 1.21 bits per heavy atom. The molecule has 3 aromatic rings. The van der Waals surface area contributed by atoms with E-state index in [-0.39, 0.29) is 5.91 Å². The van der Waals surface area contributed by atoms with Gasteiger partial charge in [0, 0.05) is 48.4 Å². The number of carbonyl (C=O) groups is 2. The topological polar surface area (TPSA) is 112 Å². The monoisotopic (exact) mass is 397 g/mol. The lowest BCUT2D eigenvalue weighted by Gasteiger charge is -2.23. The van der Waals surface area contributed by atoms with Crippen molar-refractivity contribution in [1.82, 2.24) is 25.6 Å². The van der Waals surface area contributed by atoms with Crippen LogP contribution >= 0.6 is 0 Å². The molecule has 0 radical (unpaired) electrons. The molecule has 4 N–H and O–H groups in total. The van der Waals surface area contributed by atoms with E-state index in [9.17, 15) is 9.59 Å². The maximum absolute atomic E-state index is 12.8. The Kier molecular flexibility index (Phi) is 6.21. The van der Waals surface area contributed by atoms with Crippen LogP contribution < -0.4 is 10.6 Å². The largest absolute Gasteiger partial charge is 0.444 e. The second kappa shape index (κ2) is 8.81. The zero-order valence-corrected chi connectivity index (χ0v) is 16.9. The normalized spacial score (nSPS) is 12.5. The Labute approximate surface area is 169 Å². The number of nitrogens with one attached hydrogen (secondary N) is 4. The van der Waals surface area contributed by atoms with Crippen LogP contribution in [0.4, 0.5) is 4.79 Å². The fourth-order valence-electron chi connectivity index (χ4n) is 3.04. The van der Waals surface area contributed by atoms with Gasteiger partial charge in [0.2, 0.25) is 5.91 Å². The van der Waals surface area contributed by atoms with Gasteiger partial charge in [0.1, 0.15) is 11.6 Å². The number of ether oxygens (including phenoxy) is 1. The number of alkyl carbamates (subject to hydrolysis) is 1. The molecule has 2 heterocycles. The number of H-pyrrole nitrogens is 2. The maximum atomic E-state index is 12.8. The number of nitrogens with zero attached hydrogens (tertiary/aromatic N) is 1. The lowest BCUT2D eigenvalue weighted by Crippen LogP contribution is -2.49. The number of carbonyl (C=O) groups excluding carboxylic acids is 2. The van der Waals surface area contributed by atoms with Gasteiger partial charge in [0.15, 0.2) is 0 Å². The number of fused-ring (bicyclic) bond motifs is 1. The van der Waals surface area contributed by atoms with Crippen molar-refractivity contribution in [2.24, 2.45) is 0 Å². The Hall–Kier alpha value is -3.29. The lowest BCUT2D eigenvalue weighted by atomic mass is 10.0. The van der Waals surface area contributed by atoms with E-state index in [1.165, 1.54) is 0 Å². The van der Waals surface area contributed by atoms with Gasteiger partial charge in [-0.15, -0.1) is 0 Å². The van der Waals surface area contributed by atoms with E-state index in [4.69, 9.17) is 4.74 Å². The molecule has 0 saturated carbocycles. The predicted molar refractivity (Wildman–Crippen MR) is 110 cm³/mol. The Bertz CT molecular complexity index is 956. The van der Waals surface area contributed by atoms with E-state index in [1.807, 2.05) is 30.5 Å². The third kappa shape index (κ3) is 5.84. The highest BCUT2D eigenvalue weighted by Crippen LogP contribution is 2.19. The smallest absolute Gasteiger partial charge is 0.408 e. The average molecular weight is 397 g/mol. The van der Waals surface area contributed by atoms with Gasteiger partial charge < -0.3 is 25.3 Å². The minimum absolute atomic E-state index is 0.263. The first-order valence-corrected chi connectivity index (χ1v) is 9.61. The molecule has 0 spiro atoms. The Balaban J connectivity index is 1.69. The SMILES string of the molecule is CC(C)(C)OC(=O)N[C@H](Cc1c[nH]c2ccccc12)C(=O)NCCc1cnc[nH]1. The molecule has 1 atom stereocenters. The highest BCUT2D eigenvalue weighted by atomic mass is 16.6. The molecular weight excluding hydrogens is 370 g/mol.